The summed E-state index contributed by atoms with van der Waals surface area (Å²) in [4.78, 5) is 16.5. The lowest BCUT2D eigenvalue weighted by atomic mass is 10.1. The lowest BCUT2D eigenvalue weighted by molar-refractivity contribution is 0.0951. The second-order valence-electron chi connectivity index (χ2n) is 4.99. The molecule has 110 valence electrons. The van der Waals surface area contributed by atoms with Gasteiger partial charge in [0.2, 0.25) is 0 Å². The van der Waals surface area contributed by atoms with Gasteiger partial charge in [0.1, 0.15) is 5.82 Å². The highest BCUT2D eigenvalue weighted by Crippen LogP contribution is 2.11. The standard InChI is InChI=1S/C17H21N3O/c1-3-10-18-16-15(5-4-11-19-16)17(21)20-12-14-8-6-13(2)7-9-14/h4-9,11H,3,10,12H2,1-2H3,(H,18,19)(H,20,21). The van der Waals surface area contributed by atoms with Gasteiger partial charge in [-0.15, -0.1) is 0 Å². The Labute approximate surface area is 125 Å². The molecule has 0 saturated carbocycles. The van der Waals surface area contributed by atoms with Gasteiger partial charge in [0, 0.05) is 19.3 Å². The fraction of sp³-hybridized carbons (Fsp3) is 0.294. The topological polar surface area (TPSA) is 54.0 Å². The summed E-state index contributed by atoms with van der Waals surface area (Å²) >= 11 is 0. The van der Waals surface area contributed by atoms with Crippen molar-refractivity contribution >= 4 is 11.7 Å². The number of amides is 1. The predicted octanol–water partition coefficient (Wildman–Crippen LogP) is 3.14. The fourth-order valence-corrected chi connectivity index (χ4v) is 1.96. The molecule has 21 heavy (non-hydrogen) atoms. The summed E-state index contributed by atoms with van der Waals surface area (Å²) in [7, 11) is 0. The summed E-state index contributed by atoms with van der Waals surface area (Å²) < 4.78 is 0. The van der Waals surface area contributed by atoms with E-state index in [0.29, 0.717) is 17.9 Å². The Kier molecular flexibility index (Phi) is 5.32. The summed E-state index contributed by atoms with van der Waals surface area (Å²) in [5.41, 5.74) is 2.88. The molecule has 1 aromatic heterocycles. The largest absolute Gasteiger partial charge is 0.369 e. The molecular weight excluding hydrogens is 262 g/mol. The van der Waals surface area contributed by atoms with Gasteiger partial charge in [-0.05, 0) is 31.0 Å². The number of aromatic nitrogens is 1. The second kappa shape index (κ2) is 7.43. The first-order valence-corrected chi connectivity index (χ1v) is 7.23. The van der Waals surface area contributed by atoms with E-state index < -0.39 is 0 Å². The van der Waals surface area contributed by atoms with Crippen molar-refractivity contribution in [2.45, 2.75) is 26.8 Å². The third-order valence-corrected chi connectivity index (χ3v) is 3.17. The number of anilines is 1. The minimum absolute atomic E-state index is 0.109. The van der Waals surface area contributed by atoms with Crippen LogP contribution in [0.4, 0.5) is 5.82 Å². The highest BCUT2D eigenvalue weighted by molar-refractivity contribution is 5.98. The number of carbonyl (C=O) groups excluding carboxylic acids is 1. The second-order valence-corrected chi connectivity index (χ2v) is 4.99. The van der Waals surface area contributed by atoms with Gasteiger partial charge < -0.3 is 10.6 Å². The fourth-order valence-electron chi connectivity index (χ4n) is 1.96. The van der Waals surface area contributed by atoms with Crippen LogP contribution in [-0.4, -0.2) is 17.4 Å². The first-order chi connectivity index (χ1) is 10.2. The molecule has 4 heteroatoms. The van der Waals surface area contributed by atoms with Gasteiger partial charge in [0.15, 0.2) is 0 Å². The SMILES string of the molecule is CCCNc1ncccc1C(=O)NCc1ccc(C)cc1. The number of benzene rings is 1. The van der Waals surface area contributed by atoms with Crippen LogP contribution < -0.4 is 10.6 Å². The Morgan fingerprint density at radius 3 is 2.67 bits per heavy atom. The number of rotatable bonds is 6. The molecule has 1 amide bonds. The third kappa shape index (κ3) is 4.31. The molecule has 1 heterocycles. The normalized spacial score (nSPS) is 10.2. The molecular formula is C17H21N3O. The van der Waals surface area contributed by atoms with Gasteiger partial charge in [-0.3, -0.25) is 4.79 Å². The number of hydrogen-bond donors (Lipinski definition) is 2. The molecule has 0 aliphatic rings. The molecule has 4 nitrogen and oxygen atoms in total. The Morgan fingerprint density at radius 1 is 1.19 bits per heavy atom. The number of hydrogen-bond acceptors (Lipinski definition) is 3. The van der Waals surface area contributed by atoms with Crippen molar-refractivity contribution in [3.63, 3.8) is 0 Å². The predicted molar refractivity (Wildman–Crippen MR) is 85.4 cm³/mol. The minimum Gasteiger partial charge on any atom is -0.369 e. The van der Waals surface area contributed by atoms with Crippen LogP contribution in [0.3, 0.4) is 0 Å². The molecule has 2 N–H and O–H groups in total. The van der Waals surface area contributed by atoms with Crippen LogP contribution >= 0.6 is 0 Å². The van der Waals surface area contributed by atoms with E-state index in [9.17, 15) is 4.79 Å². The smallest absolute Gasteiger partial charge is 0.255 e. The van der Waals surface area contributed by atoms with E-state index in [1.807, 2.05) is 31.2 Å². The van der Waals surface area contributed by atoms with Crippen LogP contribution in [0.25, 0.3) is 0 Å². The Hall–Kier alpha value is -2.36. The Bertz CT molecular complexity index is 593. The van der Waals surface area contributed by atoms with Crippen molar-refractivity contribution in [3.05, 3.63) is 59.3 Å². The summed E-state index contributed by atoms with van der Waals surface area (Å²) in [6.45, 7) is 5.44. The van der Waals surface area contributed by atoms with Crippen LogP contribution in [0.2, 0.25) is 0 Å². The molecule has 1 aromatic carbocycles. The van der Waals surface area contributed by atoms with Crippen LogP contribution in [-0.2, 0) is 6.54 Å². The molecule has 0 aliphatic carbocycles. The zero-order valence-corrected chi connectivity index (χ0v) is 12.5. The van der Waals surface area contributed by atoms with Gasteiger partial charge in [-0.25, -0.2) is 4.98 Å². The van der Waals surface area contributed by atoms with E-state index in [1.54, 1.807) is 18.3 Å². The van der Waals surface area contributed by atoms with Crippen molar-refractivity contribution in [3.8, 4) is 0 Å². The average Bonchev–Trinajstić information content (AvgIpc) is 2.52. The first-order valence-electron chi connectivity index (χ1n) is 7.23. The van der Waals surface area contributed by atoms with E-state index >= 15 is 0 Å². The van der Waals surface area contributed by atoms with Crippen molar-refractivity contribution in [2.75, 3.05) is 11.9 Å². The quantitative estimate of drug-likeness (QED) is 0.856. The number of carbonyl (C=O) groups is 1. The van der Waals surface area contributed by atoms with Crippen LogP contribution in [0.15, 0.2) is 42.6 Å². The van der Waals surface area contributed by atoms with Gasteiger partial charge in [0.25, 0.3) is 5.91 Å². The molecule has 0 spiro atoms. The van der Waals surface area contributed by atoms with Crippen molar-refractivity contribution in [2.24, 2.45) is 0 Å². The van der Waals surface area contributed by atoms with Gasteiger partial charge in [-0.2, -0.15) is 0 Å². The summed E-state index contributed by atoms with van der Waals surface area (Å²) in [5.74, 6) is 0.531. The lowest BCUT2D eigenvalue weighted by Crippen LogP contribution is -2.24. The summed E-state index contributed by atoms with van der Waals surface area (Å²) in [5, 5.41) is 6.11. The molecule has 2 aromatic rings. The van der Waals surface area contributed by atoms with E-state index in [1.165, 1.54) is 5.56 Å². The lowest BCUT2D eigenvalue weighted by Gasteiger charge is -2.10. The third-order valence-electron chi connectivity index (χ3n) is 3.17. The monoisotopic (exact) mass is 283 g/mol. The van der Waals surface area contributed by atoms with Crippen LogP contribution in [0, 0.1) is 6.92 Å². The first kappa shape index (κ1) is 15.0. The van der Waals surface area contributed by atoms with Gasteiger partial charge in [-0.1, -0.05) is 36.8 Å². The molecule has 0 radical (unpaired) electrons. The highest BCUT2D eigenvalue weighted by Gasteiger charge is 2.11. The highest BCUT2D eigenvalue weighted by atomic mass is 16.1. The number of nitrogens with zero attached hydrogens (tertiary/aromatic N) is 1. The molecule has 0 bridgehead atoms. The maximum atomic E-state index is 12.3. The van der Waals surface area contributed by atoms with Crippen molar-refractivity contribution < 1.29 is 4.79 Å². The maximum Gasteiger partial charge on any atom is 0.255 e. The maximum absolute atomic E-state index is 12.3. The Morgan fingerprint density at radius 2 is 1.95 bits per heavy atom. The van der Waals surface area contributed by atoms with Crippen molar-refractivity contribution in [1.29, 1.82) is 0 Å². The zero-order valence-electron chi connectivity index (χ0n) is 12.5. The molecule has 0 fully saturated rings. The molecule has 0 saturated heterocycles. The zero-order chi connectivity index (χ0) is 15.1. The summed E-state index contributed by atoms with van der Waals surface area (Å²) in [6, 6.07) is 11.7. The molecule has 0 aliphatic heterocycles. The number of aryl methyl sites for hydroxylation is 1. The van der Waals surface area contributed by atoms with E-state index in [4.69, 9.17) is 0 Å². The Balaban J connectivity index is 2.01. The minimum atomic E-state index is -0.109. The van der Waals surface area contributed by atoms with Gasteiger partial charge >= 0.3 is 0 Å². The average molecular weight is 283 g/mol. The summed E-state index contributed by atoms with van der Waals surface area (Å²) in [6.07, 6.45) is 2.68. The molecule has 2 rings (SSSR count). The number of nitrogens with one attached hydrogen (secondary N) is 2. The van der Waals surface area contributed by atoms with E-state index in [2.05, 4.69) is 22.5 Å². The molecule has 0 unspecified atom stereocenters. The number of pyridine rings is 1. The van der Waals surface area contributed by atoms with E-state index in [-0.39, 0.29) is 5.91 Å². The van der Waals surface area contributed by atoms with Crippen molar-refractivity contribution in [1.82, 2.24) is 10.3 Å². The van der Waals surface area contributed by atoms with Crippen LogP contribution in [0.5, 0.6) is 0 Å². The van der Waals surface area contributed by atoms with E-state index in [0.717, 1.165) is 18.5 Å². The molecule has 0 atom stereocenters. The van der Waals surface area contributed by atoms with Crippen LogP contribution in [0.1, 0.15) is 34.8 Å². The van der Waals surface area contributed by atoms with Gasteiger partial charge in [0.05, 0.1) is 5.56 Å².